The van der Waals surface area contributed by atoms with Gasteiger partial charge in [0.05, 0.1) is 6.51 Å². The van der Waals surface area contributed by atoms with E-state index in [0.29, 0.717) is 0 Å². The van der Waals surface area contributed by atoms with Gasteiger partial charge < -0.3 is 17.7 Å². The second-order valence-electron chi connectivity index (χ2n) is 3.42. The van der Waals surface area contributed by atoms with Crippen molar-refractivity contribution in [2.24, 2.45) is 0 Å². The summed E-state index contributed by atoms with van der Waals surface area (Å²) >= 11 is 0. The molecule has 0 aliphatic carbocycles. The van der Waals surface area contributed by atoms with E-state index in [9.17, 15) is 12.9 Å². The van der Waals surface area contributed by atoms with Crippen LogP contribution in [0.4, 0.5) is 12.9 Å². The molecular weight excluding hydrogens is 243 g/mol. The molecule has 1 nitrogen and oxygen atoms in total. The second-order valence-corrected chi connectivity index (χ2v) is 3.42. The van der Waals surface area contributed by atoms with Crippen molar-refractivity contribution in [3.63, 3.8) is 0 Å². The van der Waals surface area contributed by atoms with E-state index in [1.165, 1.54) is 0 Å². The quantitative estimate of drug-likeness (QED) is 0.693. The molecule has 1 aromatic carbocycles. The standard InChI is InChI=1S/C10H13BF3O.K/c1-2-3-9-4-6-10(7-5-9)15-8-11(12,13)14;/h4-7H,2-3,8H2,1H3;/q-1;+1. The summed E-state index contributed by atoms with van der Waals surface area (Å²) in [5.41, 5.74) is 1.11. The SMILES string of the molecule is CCCc1ccc(OC[B-](F)(F)F)cc1.[K+]. The van der Waals surface area contributed by atoms with Crippen LogP contribution in [0.15, 0.2) is 24.3 Å². The van der Waals surface area contributed by atoms with Gasteiger partial charge in [0, 0.05) is 0 Å². The molecule has 0 saturated heterocycles. The van der Waals surface area contributed by atoms with Crippen molar-refractivity contribution < 1.29 is 69.1 Å². The molecule has 0 atom stereocenters. The zero-order valence-corrected chi connectivity index (χ0v) is 12.7. The molecule has 0 radical (unpaired) electrons. The Hall–Kier alpha value is 0.511. The van der Waals surface area contributed by atoms with Crippen molar-refractivity contribution in [2.75, 3.05) is 6.51 Å². The van der Waals surface area contributed by atoms with Crippen LogP contribution in [0.25, 0.3) is 0 Å². The smallest absolute Gasteiger partial charge is 0.522 e. The van der Waals surface area contributed by atoms with Gasteiger partial charge in [0.2, 0.25) is 0 Å². The van der Waals surface area contributed by atoms with Crippen LogP contribution in [0.2, 0.25) is 0 Å². The second kappa shape index (κ2) is 7.76. The summed E-state index contributed by atoms with van der Waals surface area (Å²) < 4.78 is 40.2. The number of rotatable bonds is 5. The molecule has 6 heteroatoms. The van der Waals surface area contributed by atoms with E-state index in [-0.39, 0.29) is 57.1 Å². The third-order valence-electron chi connectivity index (χ3n) is 1.90. The van der Waals surface area contributed by atoms with Crippen molar-refractivity contribution in [3.8, 4) is 5.75 Å². The molecule has 0 spiro atoms. The minimum atomic E-state index is -4.87. The maximum absolute atomic E-state index is 11.9. The first-order valence-electron chi connectivity index (χ1n) is 4.94. The summed E-state index contributed by atoms with van der Waals surface area (Å²) in [4.78, 5) is 0. The molecule has 1 rings (SSSR count). The molecule has 0 saturated carbocycles. The van der Waals surface area contributed by atoms with E-state index in [1.807, 2.05) is 0 Å². The molecule has 0 unspecified atom stereocenters. The summed E-state index contributed by atoms with van der Waals surface area (Å²) in [5, 5.41) is 0. The predicted molar refractivity (Wildman–Crippen MR) is 55.0 cm³/mol. The number of hydrogen-bond acceptors (Lipinski definition) is 1. The Morgan fingerprint density at radius 1 is 1.12 bits per heavy atom. The zero-order valence-electron chi connectivity index (χ0n) is 9.55. The maximum Gasteiger partial charge on any atom is 1.00 e. The van der Waals surface area contributed by atoms with Gasteiger partial charge >= 0.3 is 58.4 Å². The molecule has 1 aromatic rings. The van der Waals surface area contributed by atoms with Crippen molar-refractivity contribution in [1.82, 2.24) is 0 Å². The normalized spacial score (nSPS) is 10.8. The topological polar surface area (TPSA) is 9.23 Å². The van der Waals surface area contributed by atoms with Gasteiger partial charge in [-0.3, -0.25) is 0 Å². The van der Waals surface area contributed by atoms with Crippen molar-refractivity contribution >= 4 is 6.98 Å². The number of ether oxygens (including phenoxy) is 1. The zero-order chi connectivity index (χ0) is 11.3. The van der Waals surface area contributed by atoms with Gasteiger partial charge in [0.25, 0.3) is 0 Å². The summed E-state index contributed by atoms with van der Waals surface area (Å²) in [7, 11) is 0. The number of benzene rings is 1. The number of aryl methyl sites for hydroxylation is 1. The Morgan fingerprint density at radius 2 is 1.69 bits per heavy atom. The van der Waals surface area contributed by atoms with Crippen LogP contribution in [-0.2, 0) is 6.42 Å². The van der Waals surface area contributed by atoms with Gasteiger partial charge in [-0.25, -0.2) is 0 Å². The van der Waals surface area contributed by atoms with Gasteiger partial charge in [0.15, 0.2) is 0 Å². The largest absolute Gasteiger partial charge is 1.00 e. The third-order valence-corrected chi connectivity index (χ3v) is 1.90. The molecule has 0 heterocycles. The fraction of sp³-hybridized carbons (Fsp3) is 0.400. The first-order valence-corrected chi connectivity index (χ1v) is 4.94. The summed E-state index contributed by atoms with van der Waals surface area (Å²) in [5.74, 6) is 0.272. The minimum absolute atomic E-state index is 0. The summed E-state index contributed by atoms with van der Waals surface area (Å²) in [6.45, 7) is -3.99. The van der Waals surface area contributed by atoms with Crippen LogP contribution < -0.4 is 56.1 Å². The van der Waals surface area contributed by atoms with E-state index >= 15 is 0 Å². The molecular formula is C10H13BF3KO. The Morgan fingerprint density at radius 3 is 2.12 bits per heavy atom. The molecule has 16 heavy (non-hydrogen) atoms. The van der Waals surface area contributed by atoms with Crippen molar-refractivity contribution in [1.29, 1.82) is 0 Å². The van der Waals surface area contributed by atoms with E-state index in [1.54, 1.807) is 24.3 Å². The Balaban J connectivity index is 0.00000225. The fourth-order valence-electron chi connectivity index (χ4n) is 1.23. The number of halogens is 3. The molecule has 0 aliphatic rings. The summed E-state index contributed by atoms with van der Waals surface area (Å²) in [6.07, 6.45) is 1.95. The van der Waals surface area contributed by atoms with Gasteiger partial charge in [-0.05, 0) is 24.1 Å². The van der Waals surface area contributed by atoms with E-state index in [4.69, 9.17) is 0 Å². The van der Waals surface area contributed by atoms with Gasteiger partial charge in [-0.1, -0.05) is 25.5 Å². The monoisotopic (exact) mass is 256 g/mol. The average Bonchev–Trinajstić information content (AvgIpc) is 2.16. The number of hydrogen-bond donors (Lipinski definition) is 0. The minimum Gasteiger partial charge on any atom is -0.522 e. The van der Waals surface area contributed by atoms with Crippen molar-refractivity contribution in [3.05, 3.63) is 29.8 Å². The molecule has 0 fully saturated rings. The Bertz CT molecular complexity index is 300. The van der Waals surface area contributed by atoms with Crippen LogP contribution in [0.5, 0.6) is 5.75 Å². The molecule has 0 N–H and O–H groups in total. The maximum atomic E-state index is 11.9. The average molecular weight is 256 g/mol. The Kier molecular flexibility index (Phi) is 8.01. The van der Waals surface area contributed by atoms with Crippen molar-refractivity contribution in [2.45, 2.75) is 19.8 Å². The fourth-order valence-corrected chi connectivity index (χ4v) is 1.23. The summed E-state index contributed by atoms with van der Waals surface area (Å²) in [6, 6.07) is 6.74. The van der Waals surface area contributed by atoms with Gasteiger partial charge in [-0.2, -0.15) is 0 Å². The first kappa shape index (κ1) is 16.5. The van der Waals surface area contributed by atoms with Gasteiger partial charge in [0.1, 0.15) is 5.75 Å². The van der Waals surface area contributed by atoms with Crippen LogP contribution in [-0.4, -0.2) is 13.5 Å². The molecule has 0 amide bonds. The van der Waals surface area contributed by atoms with Crippen LogP contribution in [0.3, 0.4) is 0 Å². The van der Waals surface area contributed by atoms with E-state index in [2.05, 4.69) is 11.7 Å². The van der Waals surface area contributed by atoms with E-state index < -0.39 is 13.5 Å². The molecule has 0 aliphatic heterocycles. The first-order chi connectivity index (χ1) is 7.01. The third kappa shape index (κ3) is 6.96. The van der Waals surface area contributed by atoms with Crippen LogP contribution in [0, 0.1) is 0 Å². The molecule has 84 valence electrons. The van der Waals surface area contributed by atoms with E-state index in [0.717, 1.165) is 18.4 Å². The van der Waals surface area contributed by atoms with Crippen LogP contribution >= 0.6 is 0 Å². The van der Waals surface area contributed by atoms with Gasteiger partial charge in [-0.15, -0.1) is 0 Å². The predicted octanol–water partition coefficient (Wildman–Crippen LogP) is 0.408. The Labute approximate surface area is 136 Å². The van der Waals surface area contributed by atoms with Crippen LogP contribution in [0.1, 0.15) is 18.9 Å². The molecule has 0 bridgehead atoms. The molecule has 0 aromatic heterocycles.